The van der Waals surface area contributed by atoms with Crippen LogP contribution in [0.1, 0.15) is 60.2 Å². The molecular formula is C23H31N7O4. The summed E-state index contributed by atoms with van der Waals surface area (Å²) >= 11 is 0. The quantitative estimate of drug-likeness (QED) is 0.432. The van der Waals surface area contributed by atoms with E-state index in [-0.39, 0.29) is 5.91 Å². The van der Waals surface area contributed by atoms with E-state index in [1.807, 2.05) is 32.3 Å². The largest absolute Gasteiger partial charge is 0.444 e. The number of hydrogen-bond acceptors (Lipinski definition) is 6. The number of nitrogens with one attached hydrogen (secondary N) is 2. The number of alkyl carbamates (subject to hydrolysis) is 1. The lowest BCUT2D eigenvalue weighted by Gasteiger charge is -2.19. The fourth-order valence-electron chi connectivity index (χ4n) is 3.49. The van der Waals surface area contributed by atoms with E-state index < -0.39 is 17.6 Å². The van der Waals surface area contributed by atoms with Crippen molar-refractivity contribution in [2.45, 2.75) is 52.7 Å². The van der Waals surface area contributed by atoms with Gasteiger partial charge in [-0.15, -0.1) is 0 Å². The van der Waals surface area contributed by atoms with E-state index >= 15 is 0 Å². The Kier molecular flexibility index (Phi) is 7.23. The van der Waals surface area contributed by atoms with E-state index in [4.69, 9.17) is 10.5 Å². The van der Waals surface area contributed by atoms with Gasteiger partial charge in [0.1, 0.15) is 11.3 Å². The topological polar surface area (TPSA) is 146 Å². The summed E-state index contributed by atoms with van der Waals surface area (Å²) in [5, 5.41) is 9.80. The molecule has 0 atom stereocenters. The Hall–Kier alpha value is -3.89. The molecule has 0 spiro atoms. The molecule has 11 nitrogen and oxygen atoms in total. The van der Waals surface area contributed by atoms with Crippen molar-refractivity contribution in [2.75, 3.05) is 11.9 Å². The van der Waals surface area contributed by atoms with Crippen LogP contribution >= 0.6 is 0 Å². The van der Waals surface area contributed by atoms with Gasteiger partial charge in [0.25, 0.3) is 5.91 Å². The smallest absolute Gasteiger partial charge is 0.407 e. The van der Waals surface area contributed by atoms with Crippen LogP contribution in [0.15, 0.2) is 24.3 Å². The van der Waals surface area contributed by atoms with Gasteiger partial charge in [-0.1, -0.05) is 0 Å². The van der Waals surface area contributed by atoms with Crippen molar-refractivity contribution in [3.63, 3.8) is 0 Å². The third kappa shape index (κ3) is 6.12. The molecule has 0 radical (unpaired) electrons. The summed E-state index contributed by atoms with van der Waals surface area (Å²) in [6.07, 6.45) is 0.929. The van der Waals surface area contributed by atoms with E-state index in [1.165, 1.54) is 4.68 Å². The molecule has 0 bridgehead atoms. The third-order valence-corrected chi connectivity index (χ3v) is 4.97. The minimum absolute atomic E-state index is 0.332. The fourth-order valence-corrected chi connectivity index (χ4v) is 3.49. The molecule has 0 aliphatic carbocycles. The van der Waals surface area contributed by atoms with Crippen LogP contribution in [0.5, 0.6) is 0 Å². The van der Waals surface area contributed by atoms with E-state index in [2.05, 4.69) is 20.7 Å². The van der Waals surface area contributed by atoms with Crippen molar-refractivity contribution in [3.05, 3.63) is 41.2 Å². The molecule has 0 saturated heterocycles. The fraction of sp³-hybridized carbons (Fsp3) is 0.435. The van der Waals surface area contributed by atoms with Crippen LogP contribution in [0.4, 0.5) is 10.7 Å². The summed E-state index contributed by atoms with van der Waals surface area (Å²) in [6, 6.07) is 6.67. The van der Waals surface area contributed by atoms with Crippen molar-refractivity contribution >= 4 is 34.9 Å². The number of rotatable bonds is 8. The zero-order valence-electron chi connectivity index (χ0n) is 20.1. The van der Waals surface area contributed by atoms with Crippen LogP contribution in [0.25, 0.3) is 11.0 Å². The van der Waals surface area contributed by atoms with Crippen molar-refractivity contribution in [1.82, 2.24) is 24.6 Å². The van der Waals surface area contributed by atoms with Crippen LogP contribution in [0, 0.1) is 6.92 Å². The molecule has 182 valence electrons. The number of aromatic nitrogens is 4. The van der Waals surface area contributed by atoms with Gasteiger partial charge in [0.15, 0.2) is 0 Å². The van der Waals surface area contributed by atoms with Crippen LogP contribution in [-0.4, -0.2) is 49.4 Å². The molecule has 4 N–H and O–H groups in total. The molecule has 0 unspecified atom stereocenters. The number of ether oxygens (including phenoxy) is 1. The summed E-state index contributed by atoms with van der Waals surface area (Å²) in [5.74, 6) is -0.553. The van der Waals surface area contributed by atoms with Crippen LogP contribution in [0.2, 0.25) is 0 Å². The maximum absolute atomic E-state index is 12.9. The first-order valence-electron chi connectivity index (χ1n) is 11.0. The number of carbonyl (C=O) groups is 3. The lowest BCUT2D eigenvalue weighted by atomic mass is 10.2. The average Bonchev–Trinajstić information content (AvgIpc) is 3.24. The van der Waals surface area contributed by atoms with Gasteiger partial charge in [0.05, 0.1) is 16.7 Å². The number of nitrogens with two attached hydrogens (primary N) is 1. The number of fused-ring (bicyclic) bond motifs is 1. The third-order valence-electron chi connectivity index (χ3n) is 4.97. The molecule has 2 aromatic heterocycles. The standard InChI is InChI=1S/C23H31N7O4/c1-14-12-18(29(5)28-14)20(32)27-21-26-16-13-15(19(24)31)8-9-17(16)30(21)11-7-6-10-25-22(33)34-23(2,3)4/h8-9,12-13H,6-7,10-11H2,1-5H3,(H2,24,31)(H,25,33)(H,26,27,32). The highest BCUT2D eigenvalue weighted by Gasteiger charge is 2.19. The number of amides is 3. The van der Waals surface area contributed by atoms with E-state index in [0.29, 0.717) is 48.7 Å². The predicted octanol–water partition coefficient (Wildman–Crippen LogP) is 2.73. The lowest BCUT2D eigenvalue weighted by Crippen LogP contribution is -2.33. The SMILES string of the molecule is Cc1cc(C(=O)Nc2nc3cc(C(N)=O)ccc3n2CCCCNC(=O)OC(C)(C)C)n(C)n1. The van der Waals surface area contributed by atoms with E-state index in [0.717, 1.165) is 11.2 Å². The minimum atomic E-state index is -0.555. The number of carbonyl (C=O) groups excluding carboxylic acids is 3. The first-order chi connectivity index (χ1) is 15.9. The molecule has 3 rings (SSSR count). The highest BCUT2D eigenvalue weighted by atomic mass is 16.6. The summed E-state index contributed by atoms with van der Waals surface area (Å²) in [5.41, 5.74) is 7.60. The molecule has 34 heavy (non-hydrogen) atoms. The summed E-state index contributed by atoms with van der Waals surface area (Å²) in [6.45, 7) is 8.21. The monoisotopic (exact) mass is 469 g/mol. The number of unbranched alkanes of at least 4 members (excludes halogenated alkanes) is 1. The second-order valence-corrected chi connectivity index (χ2v) is 9.04. The van der Waals surface area contributed by atoms with Gasteiger partial charge in [0.2, 0.25) is 11.9 Å². The minimum Gasteiger partial charge on any atom is -0.444 e. The second-order valence-electron chi connectivity index (χ2n) is 9.04. The van der Waals surface area contributed by atoms with Gasteiger partial charge in [-0.3, -0.25) is 19.6 Å². The molecule has 0 aliphatic rings. The average molecular weight is 470 g/mol. The Morgan fingerprint density at radius 3 is 2.50 bits per heavy atom. The van der Waals surface area contributed by atoms with Gasteiger partial charge in [0, 0.05) is 25.7 Å². The highest BCUT2D eigenvalue weighted by molar-refractivity contribution is 6.03. The molecular weight excluding hydrogens is 438 g/mol. The normalized spacial score (nSPS) is 11.4. The molecule has 0 fully saturated rings. The zero-order chi connectivity index (χ0) is 25.0. The molecule has 1 aromatic carbocycles. The zero-order valence-corrected chi connectivity index (χ0v) is 20.1. The molecule has 3 amide bonds. The Labute approximate surface area is 197 Å². The van der Waals surface area contributed by atoms with Crippen LogP contribution < -0.4 is 16.4 Å². The maximum atomic E-state index is 12.9. The summed E-state index contributed by atoms with van der Waals surface area (Å²) in [4.78, 5) is 40.8. The summed E-state index contributed by atoms with van der Waals surface area (Å²) < 4.78 is 8.61. The first-order valence-corrected chi connectivity index (χ1v) is 11.0. The number of hydrogen-bond donors (Lipinski definition) is 3. The van der Waals surface area contributed by atoms with Crippen molar-refractivity contribution in [2.24, 2.45) is 12.8 Å². The van der Waals surface area contributed by atoms with E-state index in [1.54, 1.807) is 31.3 Å². The number of aryl methyl sites for hydroxylation is 3. The van der Waals surface area contributed by atoms with Crippen molar-refractivity contribution in [1.29, 1.82) is 0 Å². The molecule has 0 aliphatic heterocycles. The van der Waals surface area contributed by atoms with Crippen molar-refractivity contribution < 1.29 is 19.1 Å². The van der Waals surface area contributed by atoms with Crippen LogP contribution in [0.3, 0.4) is 0 Å². The van der Waals surface area contributed by atoms with Crippen molar-refractivity contribution in [3.8, 4) is 0 Å². The Morgan fingerprint density at radius 1 is 1.15 bits per heavy atom. The first kappa shape index (κ1) is 24.7. The van der Waals surface area contributed by atoms with Crippen LogP contribution in [-0.2, 0) is 18.3 Å². The van der Waals surface area contributed by atoms with Gasteiger partial charge < -0.3 is 20.4 Å². The molecule has 2 heterocycles. The molecule has 11 heteroatoms. The number of primary amides is 1. The number of anilines is 1. The Balaban J connectivity index is 1.75. The number of imidazole rings is 1. The Morgan fingerprint density at radius 2 is 1.88 bits per heavy atom. The van der Waals surface area contributed by atoms with Gasteiger partial charge in [-0.2, -0.15) is 5.10 Å². The molecule has 0 saturated carbocycles. The molecule has 3 aromatic rings. The Bertz CT molecular complexity index is 1220. The number of benzene rings is 1. The van der Waals surface area contributed by atoms with Gasteiger partial charge in [-0.05, 0) is 64.8 Å². The number of nitrogens with zero attached hydrogens (tertiary/aromatic N) is 4. The van der Waals surface area contributed by atoms with Gasteiger partial charge >= 0.3 is 6.09 Å². The predicted molar refractivity (Wildman–Crippen MR) is 128 cm³/mol. The maximum Gasteiger partial charge on any atom is 0.407 e. The van der Waals surface area contributed by atoms with Gasteiger partial charge in [-0.25, -0.2) is 9.78 Å². The van der Waals surface area contributed by atoms with E-state index in [9.17, 15) is 14.4 Å². The summed E-state index contributed by atoms with van der Waals surface area (Å²) in [7, 11) is 1.70. The second kappa shape index (κ2) is 9.94. The lowest BCUT2D eigenvalue weighted by molar-refractivity contribution is 0.0526. The highest BCUT2D eigenvalue weighted by Crippen LogP contribution is 2.22.